The minimum atomic E-state index is -0.165. The molecule has 1 aromatic carbocycles. The van der Waals surface area contributed by atoms with Crippen LogP contribution >= 0.6 is 11.3 Å². The summed E-state index contributed by atoms with van der Waals surface area (Å²) in [5.74, 6) is 4.95. The van der Waals surface area contributed by atoms with Crippen molar-refractivity contribution >= 4 is 22.2 Å². The molecule has 1 aliphatic heterocycles. The van der Waals surface area contributed by atoms with E-state index in [2.05, 4.69) is 39.9 Å². The molecule has 2 aromatic rings. The number of hydrogen-bond donors (Lipinski definition) is 3. The highest BCUT2D eigenvalue weighted by Gasteiger charge is 2.12. The minimum Gasteiger partial charge on any atom is -0.361 e. The first-order valence-electron chi connectivity index (χ1n) is 9.36. The highest BCUT2D eigenvalue weighted by atomic mass is 32.1. The molecule has 142 valence electrons. The van der Waals surface area contributed by atoms with E-state index in [9.17, 15) is 4.79 Å². The Kier molecular flexibility index (Phi) is 8.61. The van der Waals surface area contributed by atoms with Crippen molar-refractivity contribution in [2.75, 3.05) is 31.1 Å². The van der Waals surface area contributed by atoms with Crippen molar-refractivity contribution in [3.05, 3.63) is 52.4 Å². The van der Waals surface area contributed by atoms with E-state index in [1.165, 1.54) is 15.4 Å². The van der Waals surface area contributed by atoms with Crippen LogP contribution in [-0.2, 0) is 24.1 Å². The van der Waals surface area contributed by atoms with Crippen LogP contribution in [0.4, 0.5) is 5.00 Å². The second-order valence-corrected chi connectivity index (χ2v) is 7.18. The van der Waals surface area contributed by atoms with Gasteiger partial charge in [-0.1, -0.05) is 38.1 Å². The average molecular weight is 375 g/mol. The van der Waals surface area contributed by atoms with Crippen LogP contribution in [0.2, 0.25) is 0 Å². The van der Waals surface area contributed by atoms with Gasteiger partial charge in [-0.25, -0.2) is 5.84 Å². The summed E-state index contributed by atoms with van der Waals surface area (Å²) in [6, 6.07) is 12.7. The predicted octanol–water partition coefficient (Wildman–Crippen LogP) is 2.50. The van der Waals surface area contributed by atoms with E-state index in [4.69, 9.17) is 5.84 Å². The maximum atomic E-state index is 11.3. The molecule has 4 N–H and O–H groups in total. The number of aryl methyl sites for hydroxylation is 2. The third-order valence-corrected chi connectivity index (χ3v) is 5.49. The van der Waals surface area contributed by atoms with Gasteiger partial charge in [0.15, 0.2) is 0 Å². The summed E-state index contributed by atoms with van der Waals surface area (Å²) in [5, 5.41) is 4.77. The highest BCUT2D eigenvalue weighted by molar-refractivity contribution is 7.16. The zero-order chi connectivity index (χ0) is 18.8. The fourth-order valence-corrected chi connectivity index (χ4v) is 3.94. The third kappa shape index (κ3) is 6.12. The van der Waals surface area contributed by atoms with Crippen LogP contribution in [0.15, 0.2) is 36.4 Å². The van der Waals surface area contributed by atoms with Crippen molar-refractivity contribution in [3.8, 4) is 0 Å². The second-order valence-electron chi connectivity index (χ2n) is 6.04. The molecule has 2 heterocycles. The topological polar surface area (TPSA) is 70.4 Å². The number of thiophene rings is 1. The Morgan fingerprint density at radius 2 is 1.73 bits per heavy atom. The average Bonchev–Trinajstić information content (AvgIpc) is 3.19. The monoisotopic (exact) mass is 374 g/mol. The number of nitrogens with zero attached hydrogens (tertiary/aromatic N) is 1. The van der Waals surface area contributed by atoms with Crippen molar-refractivity contribution < 1.29 is 4.79 Å². The summed E-state index contributed by atoms with van der Waals surface area (Å²) in [6.07, 6.45) is 2.40. The predicted molar refractivity (Wildman–Crippen MR) is 111 cm³/mol. The summed E-state index contributed by atoms with van der Waals surface area (Å²) in [7, 11) is 0. The molecule has 0 unspecified atom stereocenters. The summed E-state index contributed by atoms with van der Waals surface area (Å²) in [5.41, 5.74) is 4.44. The van der Waals surface area contributed by atoms with Gasteiger partial charge < -0.3 is 10.2 Å². The Morgan fingerprint density at radius 1 is 1.08 bits per heavy atom. The normalized spacial score (nSPS) is 13.7. The van der Waals surface area contributed by atoms with Crippen LogP contribution in [0, 0.1) is 0 Å². The molecule has 1 saturated heterocycles. The molecule has 0 bridgehead atoms. The summed E-state index contributed by atoms with van der Waals surface area (Å²) in [6.45, 7) is 8.33. The van der Waals surface area contributed by atoms with Crippen molar-refractivity contribution in [3.63, 3.8) is 0 Å². The first-order valence-corrected chi connectivity index (χ1v) is 10.2. The van der Waals surface area contributed by atoms with E-state index in [1.54, 1.807) is 0 Å². The second kappa shape index (κ2) is 11.0. The van der Waals surface area contributed by atoms with Crippen LogP contribution in [0.25, 0.3) is 0 Å². The van der Waals surface area contributed by atoms with E-state index in [-0.39, 0.29) is 5.91 Å². The molecule has 1 aliphatic rings. The zero-order valence-corrected chi connectivity index (χ0v) is 16.6. The number of hydrazine groups is 1. The molecule has 1 aromatic heterocycles. The molecule has 1 fully saturated rings. The molecule has 0 saturated carbocycles. The number of rotatable bonds is 6. The summed E-state index contributed by atoms with van der Waals surface area (Å²) < 4.78 is 0. The third-order valence-electron chi connectivity index (χ3n) is 4.28. The van der Waals surface area contributed by atoms with E-state index in [0.717, 1.165) is 44.6 Å². The number of hydrogen-bond acceptors (Lipinski definition) is 5. The highest BCUT2D eigenvalue weighted by Crippen LogP contribution is 2.27. The zero-order valence-electron chi connectivity index (χ0n) is 15.8. The molecule has 0 radical (unpaired) electrons. The first-order chi connectivity index (χ1) is 12.7. The largest absolute Gasteiger partial charge is 0.361 e. The lowest BCUT2D eigenvalue weighted by molar-refractivity contribution is -0.120. The van der Waals surface area contributed by atoms with Gasteiger partial charge in [0.25, 0.3) is 0 Å². The standard InChI is InChI=1S/C18H24N4OS.C2H6/c19-21-17(23)13-15-3-1-14(2-4-15)5-6-16-7-8-18(24-16)22-11-9-20-10-12-22;1-2/h1-4,7-8,20H,5-6,9-13,19H2,(H,21,23);1-2H3. The van der Waals surface area contributed by atoms with Crippen molar-refractivity contribution in [1.29, 1.82) is 0 Å². The Hall–Kier alpha value is -1.89. The molecular formula is C20H30N4OS. The smallest absolute Gasteiger partial charge is 0.238 e. The number of piperazine rings is 1. The molecule has 1 amide bonds. The lowest BCUT2D eigenvalue weighted by Crippen LogP contribution is -2.43. The van der Waals surface area contributed by atoms with E-state index in [0.29, 0.717) is 6.42 Å². The summed E-state index contributed by atoms with van der Waals surface area (Å²) >= 11 is 1.90. The number of benzene rings is 1. The Labute approximate surface area is 160 Å². The van der Waals surface area contributed by atoms with Crippen LogP contribution < -0.4 is 21.5 Å². The van der Waals surface area contributed by atoms with Gasteiger partial charge in [0.05, 0.1) is 11.4 Å². The summed E-state index contributed by atoms with van der Waals surface area (Å²) in [4.78, 5) is 15.2. The number of nitrogens with one attached hydrogen (secondary N) is 2. The Bertz CT molecular complexity index is 663. The number of amides is 1. The molecular weight excluding hydrogens is 344 g/mol. The SMILES string of the molecule is CC.NNC(=O)Cc1ccc(CCc2ccc(N3CCNCC3)s2)cc1. The van der Waals surface area contributed by atoms with Crippen LogP contribution in [-0.4, -0.2) is 32.1 Å². The fourth-order valence-electron chi connectivity index (χ4n) is 2.88. The number of nitrogens with two attached hydrogens (primary N) is 1. The van der Waals surface area contributed by atoms with Gasteiger partial charge in [0, 0.05) is 31.1 Å². The molecule has 5 nitrogen and oxygen atoms in total. The van der Waals surface area contributed by atoms with Gasteiger partial charge in [0.1, 0.15) is 0 Å². The maximum Gasteiger partial charge on any atom is 0.238 e. The number of anilines is 1. The van der Waals surface area contributed by atoms with Gasteiger partial charge in [-0.05, 0) is 36.1 Å². The lowest BCUT2D eigenvalue weighted by Gasteiger charge is -2.27. The molecule has 6 heteroatoms. The molecule has 0 aliphatic carbocycles. The van der Waals surface area contributed by atoms with Crippen LogP contribution in [0.1, 0.15) is 29.9 Å². The maximum absolute atomic E-state index is 11.3. The van der Waals surface area contributed by atoms with E-state index < -0.39 is 0 Å². The van der Waals surface area contributed by atoms with Crippen molar-refractivity contribution in [2.24, 2.45) is 5.84 Å². The quantitative estimate of drug-likeness (QED) is 0.413. The minimum absolute atomic E-state index is 0.165. The van der Waals surface area contributed by atoms with Gasteiger partial charge in [-0.2, -0.15) is 0 Å². The van der Waals surface area contributed by atoms with Crippen LogP contribution in [0.3, 0.4) is 0 Å². The lowest BCUT2D eigenvalue weighted by atomic mass is 10.1. The molecule has 0 atom stereocenters. The van der Waals surface area contributed by atoms with Crippen molar-refractivity contribution in [1.82, 2.24) is 10.7 Å². The van der Waals surface area contributed by atoms with Gasteiger partial charge >= 0.3 is 0 Å². The van der Waals surface area contributed by atoms with Gasteiger partial charge in [-0.3, -0.25) is 10.2 Å². The fraction of sp³-hybridized carbons (Fsp3) is 0.450. The number of carbonyl (C=O) groups is 1. The Balaban J connectivity index is 0.00000117. The molecule has 0 spiro atoms. The first kappa shape index (κ1) is 20.4. The molecule has 3 rings (SSSR count). The van der Waals surface area contributed by atoms with E-state index >= 15 is 0 Å². The van der Waals surface area contributed by atoms with Crippen molar-refractivity contribution in [2.45, 2.75) is 33.1 Å². The van der Waals surface area contributed by atoms with E-state index in [1.807, 2.05) is 37.3 Å². The van der Waals surface area contributed by atoms with Crippen LogP contribution in [0.5, 0.6) is 0 Å². The van der Waals surface area contributed by atoms with Gasteiger partial charge in [0.2, 0.25) is 5.91 Å². The molecule has 26 heavy (non-hydrogen) atoms. The number of carbonyl (C=O) groups excluding carboxylic acids is 1. The van der Waals surface area contributed by atoms with Gasteiger partial charge in [-0.15, -0.1) is 11.3 Å². The Morgan fingerprint density at radius 3 is 2.38 bits per heavy atom.